The van der Waals surface area contributed by atoms with Crippen molar-refractivity contribution in [3.63, 3.8) is 0 Å². The standard InChI is InChI=1S/C13H14ClNS/c1-10-9-16-12(13(10)14)8-15-7-11-5-3-2-4-6-11/h2-6,9,15H,7-8H2,1H3. The molecular weight excluding hydrogens is 238 g/mol. The van der Waals surface area contributed by atoms with Crippen LogP contribution in [0.15, 0.2) is 35.7 Å². The lowest BCUT2D eigenvalue weighted by Crippen LogP contribution is -2.11. The first-order valence-electron chi connectivity index (χ1n) is 5.24. The second-order valence-corrected chi connectivity index (χ2v) is 5.09. The molecular formula is C13H14ClNS. The van der Waals surface area contributed by atoms with E-state index in [1.807, 2.05) is 13.0 Å². The molecule has 0 radical (unpaired) electrons. The van der Waals surface area contributed by atoms with Crippen molar-refractivity contribution in [2.24, 2.45) is 0 Å². The molecule has 1 aromatic heterocycles. The van der Waals surface area contributed by atoms with Gasteiger partial charge in [-0.2, -0.15) is 0 Å². The van der Waals surface area contributed by atoms with Crippen LogP contribution in [-0.2, 0) is 13.1 Å². The number of hydrogen-bond acceptors (Lipinski definition) is 2. The molecule has 1 aromatic carbocycles. The van der Waals surface area contributed by atoms with Gasteiger partial charge in [-0.25, -0.2) is 0 Å². The van der Waals surface area contributed by atoms with Gasteiger partial charge in [-0.05, 0) is 23.4 Å². The highest BCUT2D eigenvalue weighted by Crippen LogP contribution is 2.26. The molecule has 0 fully saturated rings. The van der Waals surface area contributed by atoms with Gasteiger partial charge in [0.2, 0.25) is 0 Å². The Labute approximate surface area is 105 Å². The summed E-state index contributed by atoms with van der Waals surface area (Å²) < 4.78 is 0. The fraction of sp³-hybridized carbons (Fsp3) is 0.231. The van der Waals surface area contributed by atoms with Gasteiger partial charge >= 0.3 is 0 Å². The first-order valence-corrected chi connectivity index (χ1v) is 6.50. The van der Waals surface area contributed by atoms with Crippen molar-refractivity contribution >= 4 is 22.9 Å². The van der Waals surface area contributed by atoms with Crippen LogP contribution in [-0.4, -0.2) is 0 Å². The summed E-state index contributed by atoms with van der Waals surface area (Å²) in [5, 5.41) is 6.41. The molecule has 0 unspecified atom stereocenters. The number of nitrogens with one attached hydrogen (secondary N) is 1. The average molecular weight is 252 g/mol. The van der Waals surface area contributed by atoms with Crippen LogP contribution in [0.2, 0.25) is 5.02 Å². The molecule has 84 valence electrons. The Morgan fingerprint density at radius 2 is 1.94 bits per heavy atom. The van der Waals surface area contributed by atoms with Crippen molar-refractivity contribution < 1.29 is 0 Å². The molecule has 16 heavy (non-hydrogen) atoms. The van der Waals surface area contributed by atoms with E-state index in [2.05, 4.69) is 35.0 Å². The smallest absolute Gasteiger partial charge is 0.0587 e. The van der Waals surface area contributed by atoms with E-state index in [0.717, 1.165) is 18.1 Å². The molecule has 0 aliphatic rings. The quantitative estimate of drug-likeness (QED) is 0.866. The topological polar surface area (TPSA) is 12.0 Å². The highest BCUT2D eigenvalue weighted by atomic mass is 35.5. The minimum absolute atomic E-state index is 0.840. The van der Waals surface area contributed by atoms with E-state index in [1.165, 1.54) is 16.0 Å². The minimum Gasteiger partial charge on any atom is -0.308 e. The fourth-order valence-electron chi connectivity index (χ4n) is 1.52. The van der Waals surface area contributed by atoms with Crippen LogP contribution in [0.3, 0.4) is 0 Å². The van der Waals surface area contributed by atoms with E-state index in [4.69, 9.17) is 11.6 Å². The summed E-state index contributed by atoms with van der Waals surface area (Å²) >= 11 is 7.88. The van der Waals surface area contributed by atoms with Gasteiger partial charge < -0.3 is 5.32 Å². The van der Waals surface area contributed by atoms with Gasteiger partial charge in [0.1, 0.15) is 0 Å². The Hall–Kier alpha value is -0.830. The number of aryl methyl sites for hydroxylation is 1. The van der Waals surface area contributed by atoms with Gasteiger partial charge in [0, 0.05) is 18.0 Å². The van der Waals surface area contributed by atoms with Gasteiger partial charge in [-0.15, -0.1) is 11.3 Å². The first kappa shape index (κ1) is 11.6. The monoisotopic (exact) mass is 251 g/mol. The number of benzene rings is 1. The van der Waals surface area contributed by atoms with Crippen LogP contribution >= 0.6 is 22.9 Å². The maximum atomic E-state index is 6.16. The molecule has 3 heteroatoms. The molecule has 0 amide bonds. The summed E-state index contributed by atoms with van der Waals surface area (Å²) in [5.74, 6) is 0. The minimum atomic E-state index is 0.840. The van der Waals surface area contributed by atoms with Gasteiger partial charge in [0.25, 0.3) is 0 Å². The van der Waals surface area contributed by atoms with Gasteiger partial charge in [0.05, 0.1) is 5.02 Å². The third-order valence-electron chi connectivity index (χ3n) is 2.43. The van der Waals surface area contributed by atoms with Crippen molar-refractivity contribution in [1.82, 2.24) is 5.32 Å². The lowest BCUT2D eigenvalue weighted by atomic mass is 10.2. The largest absolute Gasteiger partial charge is 0.308 e. The first-order chi connectivity index (χ1) is 7.77. The van der Waals surface area contributed by atoms with Gasteiger partial charge in [0.15, 0.2) is 0 Å². The number of rotatable bonds is 4. The predicted molar refractivity (Wildman–Crippen MR) is 71.1 cm³/mol. The Morgan fingerprint density at radius 1 is 1.19 bits per heavy atom. The highest BCUT2D eigenvalue weighted by molar-refractivity contribution is 7.10. The van der Waals surface area contributed by atoms with Crippen molar-refractivity contribution in [2.75, 3.05) is 0 Å². The fourth-order valence-corrected chi connectivity index (χ4v) is 2.72. The van der Waals surface area contributed by atoms with Gasteiger partial charge in [-0.1, -0.05) is 41.9 Å². The number of thiophene rings is 1. The van der Waals surface area contributed by atoms with Gasteiger partial charge in [-0.3, -0.25) is 0 Å². The Bertz CT molecular complexity index is 450. The van der Waals surface area contributed by atoms with Crippen LogP contribution in [0.25, 0.3) is 0 Å². The van der Waals surface area contributed by atoms with E-state index in [0.29, 0.717) is 0 Å². The number of halogens is 1. The third-order valence-corrected chi connectivity index (χ3v) is 4.17. The zero-order valence-corrected chi connectivity index (χ0v) is 10.7. The van der Waals surface area contributed by atoms with Crippen molar-refractivity contribution in [2.45, 2.75) is 20.0 Å². The normalized spacial score (nSPS) is 10.6. The zero-order chi connectivity index (χ0) is 11.4. The molecule has 0 saturated heterocycles. The maximum Gasteiger partial charge on any atom is 0.0587 e. The summed E-state index contributed by atoms with van der Waals surface area (Å²) in [4.78, 5) is 1.22. The van der Waals surface area contributed by atoms with E-state index in [-0.39, 0.29) is 0 Å². The summed E-state index contributed by atoms with van der Waals surface area (Å²) in [6.45, 7) is 3.76. The molecule has 0 spiro atoms. The molecule has 1 nitrogen and oxygen atoms in total. The SMILES string of the molecule is Cc1csc(CNCc2ccccc2)c1Cl. The Kier molecular flexibility index (Phi) is 3.99. The predicted octanol–water partition coefficient (Wildman–Crippen LogP) is 4.00. The molecule has 1 heterocycles. The van der Waals surface area contributed by atoms with E-state index in [1.54, 1.807) is 11.3 Å². The molecule has 2 aromatic rings. The second-order valence-electron chi connectivity index (χ2n) is 3.75. The number of hydrogen-bond donors (Lipinski definition) is 1. The molecule has 2 rings (SSSR count). The lowest BCUT2D eigenvalue weighted by molar-refractivity contribution is 0.701. The average Bonchev–Trinajstić information content (AvgIpc) is 2.62. The van der Waals surface area contributed by atoms with Crippen LogP contribution in [0.1, 0.15) is 16.0 Å². The van der Waals surface area contributed by atoms with Crippen molar-refractivity contribution in [1.29, 1.82) is 0 Å². The van der Waals surface area contributed by atoms with Crippen LogP contribution < -0.4 is 5.32 Å². The molecule has 0 aliphatic carbocycles. The summed E-state index contributed by atoms with van der Waals surface area (Å²) in [6, 6.07) is 10.4. The maximum absolute atomic E-state index is 6.16. The van der Waals surface area contributed by atoms with Crippen LogP contribution in [0.5, 0.6) is 0 Å². The van der Waals surface area contributed by atoms with Crippen LogP contribution in [0, 0.1) is 6.92 Å². The Morgan fingerprint density at radius 3 is 2.56 bits per heavy atom. The van der Waals surface area contributed by atoms with Crippen molar-refractivity contribution in [3.8, 4) is 0 Å². The molecule has 0 aliphatic heterocycles. The molecule has 0 atom stereocenters. The summed E-state index contributed by atoms with van der Waals surface area (Å²) in [6.07, 6.45) is 0. The summed E-state index contributed by atoms with van der Waals surface area (Å²) in [7, 11) is 0. The van der Waals surface area contributed by atoms with Crippen LogP contribution in [0.4, 0.5) is 0 Å². The van der Waals surface area contributed by atoms with E-state index in [9.17, 15) is 0 Å². The van der Waals surface area contributed by atoms with E-state index < -0.39 is 0 Å². The zero-order valence-electron chi connectivity index (χ0n) is 9.16. The molecule has 0 bridgehead atoms. The molecule has 0 saturated carbocycles. The van der Waals surface area contributed by atoms with E-state index >= 15 is 0 Å². The Balaban J connectivity index is 1.87. The lowest BCUT2D eigenvalue weighted by Gasteiger charge is -2.03. The third kappa shape index (κ3) is 2.85. The molecule has 1 N–H and O–H groups in total. The highest BCUT2D eigenvalue weighted by Gasteiger charge is 2.05. The summed E-state index contributed by atoms with van der Waals surface area (Å²) in [5.41, 5.74) is 2.47. The van der Waals surface area contributed by atoms with Crippen molar-refractivity contribution in [3.05, 3.63) is 56.7 Å². The second kappa shape index (κ2) is 5.48.